The second kappa shape index (κ2) is 5.47. The molecule has 4 N–H and O–H groups in total. The van der Waals surface area contributed by atoms with Gasteiger partial charge in [-0.1, -0.05) is 41.9 Å². The number of aliphatic hydroxyl groups excluding tert-OH is 1. The van der Waals surface area contributed by atoms with Crippen molar-refractivity contribution in [2.75, 3.05) is 17.7 Å². The van der Waals surface area contributed by atoms with Crippen LogP contribution in [0.3, 0.4) is 0 Å². The minimum absolute atomic E-state index is 0.0826. The molecule has 0 aliphatic rings. The van der Waals surface area contributed by atoms with Crippen molar-refractivity contribution in [1.82, 2.24) is 4.98 Å². The predicted molar refractivity (Wildman–Crippen MR) is 78.2 cm³/mol. The van der Waals surface area contributed by atoms with E-state index in [4.69, 9.17) is 17.3 Å². The van der Waals surface area contributed by atoms with Crippen LogP contribution in [0.25, 0.3) is 0 Å². The first kappa shape index (κ1) is 13.6. The molecular formula is C14H16ClN3O. The van der Waals surface area contributed by atoms with E-state index in [1.165, 1.54) is 6.20 Å². The van der Waals surface area contributed by atoms with Gasteiger partial charge in [0, 0.05) is 6.20 Å². The molecular weight excluding hydrogens is 262 g/mol. The molecule has 100 valence electrons. The van der Waals surface area contributed by atoms with Gasteiger partial charge in [-0.05, 0) is 18.6 Å². The van der Waals surface area contributed by atoms with Gasteiger partial charge < -0.3 is 16.2 Å². The maximum atomic E-state index is 9.69. The minimum atomic E-state index is -0.657. The van der Waals surface area contributed by atoms with E-state index < -0.39 is 5.54 Å². The summed E-state index contributed by atoms with van der Waals surface area (Å²) in [7, 11) is 0. The van der Waals surface area contributed by atoms with Gasteiger partial charge in [-0.25, -0.2) is 4.98 Å². The second-order valence-electron chi connectivity index (χ2n) is 4.57. The fourth-order valence-electron chi connectivity index (χ4n) is 1.83. The second-order valence-corrected chi connectivity index (χ2v) is 5.01. The molecule has 0 saturated heterocycles. The molecule has 1 aromatic carbocycles. The topological polar surface area (TPSA) is 71.2 Å². The van der Waals surface area contributed by atoms with Gasteiger partial charge in [0.25, 0.3) is 0 Å². The van der Waals surface area contributed by atoms with Gasteiger partial charge >= 0.3 is 0 Å². The minimum Gasteiger partial charge on any atom is -0.396 e. The molecule has 0 bridgehead atoms. The lowest BCUT2D eigenvalue weighted by Gasteiger charge is -2.30. The van der Waals surface area contributed by atoms with Gasteiger partial charge in [0.15, 0.2) is 0 Å². The van der Waals surface area contributed by atoms with Crippen molar-refractivity contribution in [3.63, 3.8) is 0 Å². The molecule has 1 unspecified atom stereocenters. The first-order chi connectivity index (χ1) is 9.05. The summed E-state index contributed by atoms with van der Waals surface area (Å²) in [6.07, 6.45) is 1.52. The highest BCUT2D eigenvalue weighted by Gasteiger charge is 2.26. The molecule has 0 fully saturated rings. The molecule has 1 aromatic heterocycles. The number of halogens is 1. The Bertz CT molecular complexity index is 562. The Hall–Kier alpha value is -1.78. The molecule has 0 saturated carbocycles. The molecule has 5 heteroatoms. The number of pyridine rings is 1. The number of benzene rings is 1. The number of nitrogens with one attached hydrogen (secondary N) is 1. The largest absolute Gasteiger partial charge is 0.396 e. The van der Waals surface area contributed by atoms with Crippen molar-refractivity contribution >= 4 is 23.1 Å². The molecule has 0 spiro atoms. The van der Waals surface area contributed by atoms with E-state index in [9.17, 15) is 5.11 Å². The molecule has 0 amide bonds. The summed E-state index contributed by atoms with van der Waals surface area (Å²) >= 11 is 5.82. The van der Waals surface area contributed by atoms with Crippen LogP contribution in [0, 0.1) is 0 Å². The molecule has 2 rings (SSSR count). The van der Waals surface area contributed by atoms with Crippen LogP contribution >= 0.6 is 11.6 Å². The van der Waals surface area contributed by atoms with Crippen LogP contribution in [0.4, 0.5) is 11.5 Å². The van der Waals surface area contributed by atoms with Gasteiger partial charge in [0.1, 0.15) is 5.82 Å². The van der Waals surface area contributed by atoms with E-state index in [-0.39, 0.29) is 6.61 Å². The molecule has 19 heavy (non-hydrogen) atoms. The number of aromatic nitrogens is 1. The highest BCUT2D eigenvalue weighted by atomic mass is 35.5. The quantitative estimate of drug-likeness (QED) is 0.803. The van der Waals surface area contributed by atoms with Crippen molar-refractivity contribution < 1.29 is 5.11 Å². The van der Waals surface area contributed by atoms with Crippen LogP contribution in [0.2, 0.25) is 5.02 Å². The summed E-state index contributed by atoms with van der Waals surface area (Å²) in [5, 5.41) is 13.3. The Morgan fingerprint density at radius 2 is 2.05 bits per heavy atom. The summed E-state index contributed by atoms with van der Waals surface area (Å²) in [6.45, 7) is 1.80. The first-order valence-corrected chi connectivity index (χ1v) is 6.28. The zero-order chi connectivity index (χ0) is 13.9. The van der Waals surface area contributed by atoms with Crippen LogP contribution in [-0.2, 0) is 5.54 Å². The summed E-state index contributed by atoms with van der Waals surface area (Å²) < 4.78 is 0. The van der Waals surface area contributed by atoms with E-state index in [1.54, 1.807) is 6.07 Å². The SMILES string of the molecule is CC(CO)(Nc1ncc(Cl)cc1N)c1ccccc1. The number of nitrogen functional groups attached to an aromatic ring is 1. The number of aliphatic hydroxyl groups is 1. The van der Waals surface area contributed by atoms with Crippen molar-refractivity contribution in [2.45, 2.75) is 12.5 Å². The van der Waals surface area contributed by atoms with Crippen LogP contribution in [-0.4, -0.2) is 16.7 Å². The Labute approximate surface area is 117 Å². The van der Waals surface area contributed by atoms with Crippen LogP contribution in [0.5, 0.6) is 0 Å². The lowest BCUT2D eigenvalue weighted by atomic mass is 9.93. The monoisotopic (exact) mass is 277 g/mol. The molecule has 1 atom stereocenters. The maximum Gasteiger partial charge on any atom is 0.150 e. The van der Waals surface area contributed by atoms with Gasteiger partial charge in [0.05, 0.1) is 22.9 Å². The molecule has 2 aromatic rings. The first-order valence-electron chi connectivity index (χ1n) is 5.91. The lowest BCUT2D eigenvalue weighted by molar-refractivity contribution is 0.224. The van der Waals surface area contributed by atoms with Crippen LogP contribution in [0.15, 0.2) is 42.6 Å². The highest BCUT2D eigenvalue weighted by molar-refractivity contribution is 6.30. The molecule has 0 radical (unpaired) electrons. The Balaban J connectivity index is 2.33. The fourth-order valence-corrected chi connectivity index (χ4v) is 2.00. The van der Waals surface area contributed by atoms with Crippen LogP contribution < -0.4 is 11.1 Å². The average Bonchev–Trinajstić information content (AvgIpc) is 2.43. The number of nitrogens with two attached hydrogens (primary N) is 1. The fraction of sp³-hybridized carbons (Fsp3) is 0.214. The highest BCUT2D eigenvalue weighted by Crippen LogP contribution is 2.28. The third kappa shape index (κ3) is 2.97. The number of anilines is 2. The molecule has 0 aliphatic heterocycles. The summed E-state index contributed by atoms with van der Waals surface area (Å²) in [4.78, 5) is 4.16. The van der Waals surface area contributed by atoms with Crippen molar-refractivity contribution in [1.29, 1.82) is 0 Å². The van der Waals surface area contributed by atoms with E-state index in [1.807, 2.05) is 37.3 Å². The van der Waals surface area contributed by atoms with Gasteiger partial charge in [0.2, 0.25) is 0 Å². The number of hydrogen-bond donors (Lipinski definition) is 3. The molecule has 0 aliphatic carbocycles. The smallest absolute Gasteiger partial charge is 0.150 e. The number of nitrogens with zero attached hydrogens (tertiary/aromatic N) is 1. The van der Waals surface area contributed by atoms with E-state index in [0.29, 0.717) is 16.5 Å². The summed E-state index contributed by atoms with van der Waals surface area (Å²) in [5.74, 6) is 0.504. The number of hydrogen-bond acceptors (Lipinski definition) is 4. The van der Waals surface area contributed by atoms with Crippen molar-refractivity contribution in [2.24, 2.45) is 0 Å². The molecule has 1 heterocycles. The van der Waals surface area contributed by atoms with Crippen molar-refractivity contribution in [3.8, 4) is 0 Å². The third-order valence-electron chi connectivity index (χ3n) is 3.01. The third-order valence-corrected chi connectivity index (χ3v) is 3.21. The predicted octanol–water partition coefficient (Wildman–Crippen LogP) is 2.64. The zero-order valence-corrected chi connectivity index (χ0v) is 11.4. The van der Waals surface area contributed by atoms with Crippen molar-refractivity contribution in [3.05, 3.63) is 53.2 Å². The van der Waals surface area contributed by atoms with Crippen LogP contribution in [0.1, 0.15) is 12.5 Å². The average molecular weight is 278 g/mol. The van der Waals surface area contributed by atoms with Gasteiger partial charge in [-0.2, -0.15) is 0 Å². The van der Waals surface area contributed by atoms with E-state index in [0.717, 1.165) is 5.56 Å². The summed E-state index contributed by atoms with van der Waals surface area (Å²) in [5.41, 5.74) is 6.61. The standard InChI is InChI=1S/C14H16ClN3O/c1-14(9-19,10-5-3-2-4-6-10)18-13-12(16)7-11(15)8-17-13/h2-8,19H,9,16H2,1H3,(H,17,18). The summed E-state index contributed by atoms with van der Waals surface area (Å²) in [6, 6.07) is 11.3. The van der Waals surface area contributed by atoms with Gasteiger partial charge in [-0.3, -0.25) is 0 Å². The Morgan fingerprint density at radius 1 is 1.37 bits per heavy atom. The lowest BCUT2D eigenvalue weighted by Crippen LogP contribution is -2.36. The molecule has 4 nitrogen and oxygen atoms in total. The Morgan fingerprint density at radius 3 is 2.63 bits per heavy atom. The van der Waals surface area contributed by atoms with E-state index >= 15 is 0 Å². The van der Waals surface area contributed by atoms with Gasteiger partial charge in [-0.15, -0.1) is 0 Å². The van der Waals surface area contributed by atoms with E-state index in [2.05, 4.69) is 10.3 Å². The zero-order valence-electron chi connectivity index (χ0n) is 10.6. The normalized spacial score (nSPS) is 13.8. The maximum absolute atomic E-state index is 9.69. The number of rotatable bonds is 4. The Kier molecular flexibility index (Phi) is 3.93.